The second-order valence-corrected chi connectivity index (χ2v) is 4.79. The van der Waals surface area contributed by atoms with Gasteiger partial charge < -0.3 is 0 Å². The van der Waals surface area contributed by atoms with Crippen molar-refractivity contribution in [1.82, 2.24) is 0 Å². The Kier molecular flexibility index (Phi) is 5.28. The lowest BCUT2D eigenvalue weighted by Crippen LogP contribution is -2.11. The molecule has 1 unspecified atom stereocenters. The molecule has 0 aromatic carbocycles. The third-order valence-electron chi connectivity index (χ3n) is 2.33. The van der Waals surface area contributed by atoms with Crippen LogP contribution in [0.2, 0.25) is 0 Å². The molecule has 0 fully saturated rings. The minimum atomic E-state index is 0.795. The fourth-order valence-corrected chi connectivity index (χ4v) is 1.64. The SMILES string of the molecule is C=C(C)CC(CC(C)C)C(C)C. The molecule has 0 aliphatic rings. The van der Waals surface area contributed by atoms with Gasteiger partial charge in [0.1, 0.15) is 0 Å². The van der Waals surface area contributed by atoms with Crippen LogP contribution in [0.5, 0.6) is 0 Å². The molecular formula is C12H24. The summed E-state index contributed by atoms with van der Waals surface area (Å²) < 4.78 is 0. The maximum Gasteiger partial charge on any atom is -0.0295 e. The van der Waals surface area contributed by atoms with Crippen molar-refractivity contribution in [3.63, 3.8) is 0 Å². The highest BCUT2D eigenvalue weighted by molar-refractivity contribution is 4.91. The van der Waals surface area contributed by atoms with Crippen LogP contribution >= 0.6 is 0 Å². The number of rotatable bonds is 5. The van der Waals surface area contributed by atoms with Crippen molar-refractivity contribution in [3.05, 3.63) is 12.2 Å². The Morgan fingerprint density at radius 3 is 1.92 bits per heavy atom. The van der Waals surface area contributed by atoms with Gasteiger partial charge >= 0.3 is 0 Å². The van der Waals surface area contributed by atoms with E-state index in [0.29, 0.717) is 0 Å². The van der Waals surface area contributed by atoms with Gasteiger partial charge in [-0.2, -0.15) is 0 Å². The third kappa shape index (κ3) is 5.40. The van der Waals surface area contributed by atoms with Gasteiger partial charge in [0.2, 0.25) is 0 Å². The summed E-state index contributed by atoms with van der Waals surface area (Å²) in [6.07, 6.45) is 2.54. The fourth-order valence-electron chi connectivity index (χ4n) is 1.64. The molecule has 12 heavy (non-hydrogen) atoms. The molecule has 0 nitrogen and oxygen atoms in total. The summed E-state index contributed by atoms with van der Waals surface area (Å²) in [5.41, 5.74) is 1.33. The third-order valence-corrected chi connectivity index (χ3v) is 2.33. The zero-order valence-electron chi connectivity index (χ0n) is 9.35. The van der Waals surface area contributed by atoms with Crippen molar-refractivity contribution in [2.24, 2.45) is 17.8 Å². The van der Waals surface area contributed by atoms with Crippen molar-refractivity contribution in [2.75, 3.05) is 0 Å². The van der Waals surface area contributed by atoms with Crippen LogP contribution in [0.3, 0.4) is 0 Å². The van der Waals surface area contributed by atoms with Crippen LogP contribution in [-0.2, 0) is 0 Å². The lowest BCUT2D eigenvalue weighted by Gasteiger charge is -2.22. The van der Waals surface area contributed by atoms with Crippen LogP contribution in [0.15, 0.2) is 12.2 Å². The summed E-state index contributed by atoms with van der Waals surface area (Å²) in [6, 6.07) is 0. The molecule has 0 aromatic rings. The Balaban J connectivity index is 3.95. The summed E-state index contributed by atoms with van der Waals surface area (Å²) in [5.74, 6) is 2.45. The van der Waals surface area contributed by atoms with Crippen LogP contribution in [0.1, 0.15) is 47.5 Å². The molecule has 0 spiro atoms. The molecule has 0 aliphatic carbocycles. The van der Waals surface area contributed by atoms with Crippen molar-refractivity contribution in [1.29, 1.82) is 0 Å². The van der Waals surface area contributed by atoms with Gasteiger partial charge in [-0.3, -0.25) is 0 Å². The van der Waals surface area contributed by atoms with E-state index in [2.05, 4.69) is 41.2 Å². The van der Waals surface area contributed by atoms with E-state index in [9.17, 15) is 0 Å². The lowest BCUT2D eigenvalue weighted by atomic mass is 9.83. The van der Waals surface area contributed by atoms with Gasteiger partial charge in [0.15, 0.2) is 0 Å². The minimum Gasteiger partial charge on any atom is -0.100 e. The van der Waals surface area contributed by atoms with Crippen LogP contribution < -0.4 is 0 Å². The molecule has 0 bridgehead atoms. The Morgan fingerprint density at radius 1 is 1.17 bits per heavy atom. The highest BCUT2D eigenvalue weighted by Gasteiger charge is 2.14. The molecule has 0 aliphatic heterocycles. The fraction of sp³-hybridized carbons (Fsp3) is 0.833. The molecule has 0 saturated carbocycles. The molecule has 0 heteroatoms. The van der Waals surface area contributed by atoms with Crippen LogP contribution in [0.4, 0.5) is 0 Å². The standard InChI is InChI=1S/C12H24/c1-9(2)7-12(11(5)6)8-10(3)4/h10-12H,1,7-8H2,2-6H3. The number of hydrogen-bond donors (Lipinski definition) is 0. The monoisotopic (exact) mass is 168 g/mol. The molecule has 1 atom stereocenters. The van der Waals surface area contributed by atoms with E-state index in [1.165, 1.54) is 18.4 Å². The Bertz CT molecular complexity index is 131. The van der Waals surface area contributed by atoms with E-state index < -0.39 is 0 Å². The Labute approximate surface area is 78.1 Å². The molecule has 0 amide bonds. The minimum absolute atomic E-state index is 0.795. The molecule has 0 saturated heterocycles. The van der Waals surface area contributed by atoms with E-state index in [-0.39, 0.29) is 0 Å². The van der Waals surface area contributed by atoms with Crippen LogP contribution in [-0.4, -0.2) is 0 Å². The molecular weight excluding hydrogens is 144 g/mol. The Hall–Kier alpha value is -0.260. The first kappa shape index (κ1) is 11.7. The highest BCUT2D eigenvalue weighted by Crippen LogP contribution is 2.25. The molecule has 0 N–H and O–H groups in total. The van der Waals surface area contributed by atoms with Crippen LogP contribution in [0.25, 0.3) is 0 Å². The molecule has 0 heterocycles. The average molecular weight is 168 g/mol. The number of allylic oxidation sites excluding steroid dienone is 1. The zero-order chi connectivity index (χ0) is 9.72. The maximum atomic E-state index is 3.98. The van der Waals surface area contributed by atoms with Crippen molar-refractivity contribution < 1.29 is 0 Å². The van der Waals surface area contributed by atoms with E-state index in [4.69, 9.17) is 0 Å². The van der Waals surface area contributed by atoms with Crippen LogP contribution in [0, 0.1) is 17.8 Å². The van der Waals surface area contributed by atoms with Crippen molar-refractivity contribution >= 4 is 0 Å². The predicted molar refractivity (Wildman–Crippen MR) is 57.2 cm³/mol. The summed E-state index contributed by atoms with van der Waals surface area (Å²) in [6.45, 7) is 15.3. The van der Waals surface area contributed by atoms with Gasteiger partial charge in [-0.05, 0) is 37.5 Å². The van der Waals surface area contributed by atoms with Gasteiger partial charge in [0.05, 0.1) is 0 Å². The predicted octanol–water partition coefficient (Wildman–Crippen LogP) is 4.27. The van der Waals surface area contributed by atoms with Gasteiger partial charge in [0.25, 0.3) is 0 Å². The first-order chi connectivity index (χ1) is 5.43. The second-order valence-electron chi connectivity index (χ2n) is 4.79. The maximum absolute atomic E-state index is 3.98. The van der Waals surface area contributed by atoms with Gasteiger partial charge in [-0.25, -0.2) is 0 Å². The molecule has 0 rings (SSSR count). The average Bonchev–Trinajstić information content (AvgIpc) is 1.83. The highest BCUT2D eigenvalue weighted by atomic mass is 14.2. The molecule has 0 aromatic heterocycles. The topological polar surface area (TPSA) is 0 Å². The summed E-state index contributed by atoms with van der Waals surface area (Å²) in [7, 11) is 0. The summed E-state index contributed by atoms with van der Waals surface area (Å²) >= 11 is 0. The smallest absolute Gasteiger partial charge is 0.0295 e. The van der Waals surface area contributed by atoms with E-state index in [0.717, 1.165) is 17.8 Å². The quantitative estimate of drug-likeness (QED) is 0.538. The second kappa shape index (κ2) is 5.40. The first-order valence-electron chi connectivity index (χ1n) is 5.07. The summed E-state index contributed by atoms with van der Waals surface area (Å²) in [5, 5.41) is 0. The van der Waals surface area contributed by atoms with Gasteiger partial charge in [-0.1, -0.05) is 33.3 Å². The van der Waals surface area contributed by atoms with E-state index in [1.54, 1.807) is 0 Å². The summed E-state index contributed by atoms with van der Waals surface area (Å²) in [4.78, 5) is 0. The van der Waals surface area contributed by atoms with Gasteiger partial charge in [-0.15, -0.1) is 6.58 Å². The lowest BCUT2D eigenvalue weighted by molar-refractivity contribution is 0.315. The first-order valence-corrected chi connectivity index (χ1v) is 5.07. The van der Waals surface area contributed by atoms with Crippen molar-refractivity contribution in [2.45, 2.75) is 47.5 Å². The van der Waals surface area contributed by atoms with Gasteiger partial charge in [0, 0.05) is 0 Å². The Morgan fingerprint density at radius 2 is 1.67 bits per heavy atom. The number of hydrogen-bond acceptors (Lipinski definition) is 0. The van der Waals surface area contributed by atoms with E-state index >= 15 is 0 Å². The van der Waals surface area contributed by atoms with Crippen molar-refractivity contribution in [3.8, 4) is 0 Å². The molecule has 72 valence electrons. The largest absolute Gasteiger partial charge is 0.100 e. The normalized spacial score (nSPS) is 13.9. The zero-order valence-corrected chi connectivity index (χ0v) is 9.35. The molecule has 0 radical (unpaired) electrons. The van der Waals surface area contributed by atoms with E-state index in [1.807, 2.05) is 0 Å².